The summed E-state index contributed by atoms with van der Waals surface area (Å²) in [5.41, 5.74) is 0.220. The summed E-state index contributed by atoms with van der Waals surface area (Å²) in [7, 11) is 0. The first-order chi connectivity index (χ1) is 15.9. The lowest BCUT2D eigenvalue weighted by atomic mass is 9.81. The average Bonchev–Trinajstić information content (AvgIpc) is 3.18. The number of fused-ring (bicyclic) bond motifs is 2. The maximum Gasteiger partial charge on any atom is 0.278 e. The van der Waals surface area contributed by atoms with Crippen LogP contribution >= 0.6 is 11.6 Å². The van der Waals surface area contributed by atoms with Gasteiger partial charge in [-0.1, -0.05) is 29.8 Å². The van der Waals surface area contributed by atoms with E-state index in [4.69, 9.17) is 25.8 Å². The Morgan fingerprint density at radius 2 is 1.82 bits per heavy atom. The molecular weight excluding hydrogens is 474 g/mol. The lowest BCUT2D eigenvalue weighted by Gasteiger charge is -2.47. The van der Waals surface area contributed by atoms with E-state index in [1.807, 2.05) is 0 Å². The number of aliphatic hydroxyl groups is 4. The van der Waals surface area contributed by atoms with E-state index in [2.05, 4.69) is 0 Å². The monoisotopic (exact) mass is 500 g/mol. The first kappa shape index (κ1) is 25.2. The van der Waals surface area contributed by atoms with Crippen molar-refractivity contribution in [1.82, 2.24) is 0 Å². The van der Waals surface area contributed by atoms with Crippen LogP contribution in [0, 0.1) is 0 Å². The van der Waals surface area contributed by atoms with Crippen LogP contribution in [0.25, 0.3) is 0 Å². The summed E-state index contributed by atoms with van der Waals surface area (Å²) in [4.78, 5) is 0. The number of benzene rings is 2. The van der Waals surface area contributed by atoms with Gasteiger partial charge < -0.3 is 34.6 Å². The predicted octanol–water partition coefficient (Wildman–Crippen LogP) is 2.38. The van der Waals surface area contributed by atoms with Crippen LogP contribution in [0.1, 0.15) is 30.5 Å². The molecule has 0 aliphatic carbocycles. The third kappa shape index (κ3) is 4.42. The molecule has 4 rings (SSSR count). The van der Waals surface area contributed by atoms with Gasteiger partial charge in [0.15, 0.2) is 6.61 Å². The Labute approximate surface area is 200 Å². The summed E-state index contributed by atoms with van der Waals surface area (Å²) >= 11 is 6.40. The molecule has 10 heteroatoms. The van der Waals surface area contributed by atoms with E-state index >= 15 is 0 Å². The minimum absolute atomic E-state index is 0.240. The van der Waals surface area contributed by atoms with Gasteiger partial charge in [-0.15, -0.1) is 0 Å². The Balaban J connectivity index is 1.59. The van der Waals surface area contributed by atoms with Crippen molar-refractivity contribution in [1.29, 1.82) is 0 Å². The van der Waals surface area contributed by atoms with Crippen LogP contribution in [0.2, 0.25) is 5.02 Å². The van der Waals surface area contributed by atoms with E-state index in [1.165, 1.54) is 6.92 Å². The Bertz CT molecular complexity index is 1030. The second kappa shape index (κ2) is 8.98. The molecule has 0 spiro atoms. The lowest BCUT2D eigenvalue weighted by molar-refractivity contribution is -0.336. The zero-order chi connectivity index (χ0) is 24.9. The van der Waals surface area contributed by atoms with Crippen molar-refractivity contribution < 1.29 is 43.4 Å². The van der Waals surface area contributed by atoms with E-state index < -0.39 is 48.3 Å². The van der Waals surface area contributed by atoms with Gasteiger partial charge in [-0.2, -0.15) is 0 Å². The first-order valence-electron chi connectivity index (χ1n) is 10.8. The summed E-state index contributed by atoms with van der Waals surface area (Å²) < 4.78 is 42.9. The quantitative estimate of drug-likeness (QED) is 0.462. The van der Waals surface area contributed by atoms with Gasteiger partial charge in [0.1, 0.15) is 29.7 Å². The van der Waals surface area contributed by atoms with Gasteiger partial charge in [-0.3, -0.25) is 0 Å². The number of alkyl halides is 2. The molecule has 2 aromatic rings. The van der Waals surface area contributed by atoms with E-state index in [1.54, 1.807) is 42.5 Å². The SMILES string of the molecule is CC(O)[C@@]12CO[C@@](c3ccc(Cl)c(Cc4ccc(OCC(C)(F)F)cc4)c3)(O1)[C@H](O)[C@@H](O)[C@@H]2O. The van der Waals surface area contributed by atoms with Crippen molar-refractivity contribution in [2.75, 3.05) is 13.2 Å². The number of hydrogen-bond acceptors (Lipinski definition) is 7. The van der Waals surface area contributed by atoms with Crippen LogP contribution in [-0.4, -0.2) is 69.6 Å². The van der Waals surface area contributed by atoms with Crippen molar-refractivity contribution in [2.45, 2.75) is 62.0 Å². The molecule has 2 bridgehead atoms. The Hall–Kier alpha value is -1.85. The molecule has 2 fully saturated rings. The summed E-state index contributed by atoms with van der Waals surface area (Å²) in [5.74, 6) is -4.43. The van der Waals surface area contributed by atoms with Gasteiger partial charge in [0.2, 0.25) is 5.79 Å². The van der Waals surface area contributed by atoms with Crippen LogP contribution in [0.15, 0.2) is 42.5 Å². The molecule has 7 nitrogen and oxygen atoms in total. The minimum atomic E-state index is -2.94. The summed E-state index contributed by atoms with van der Waals surface area (Å²) in [5, 5.41) is 42.4. The largest absolute Gasteiger partial charge is 0.487 e. The van der Waals surface area contributed by atoms with Gasteiger partial charge in [0, 0.05) is 17.5 Å². The highest BCUT2D eigenvalue weighted by Gasteiger charge is 2.68. The fraction of sp³-hybridized carbons (Fsp3) is 0.500. The van der Waals surface area contributed by atoms with Gasteiger partial charge >= 0.3 is 0 Å². The van der Waals surface area contributed by atoms with Crippen molar-refractivity contribution >= 4 is 11.6 Å². The van der Waals surface area contributed by atoms with Crippen molar-refractivity contribution in [2.24, 2.45) is 0 Å². The van der Waals surface area contributed by atoms with E-state index in [9.17, 15) is 29.2 Å². The second-order valence-corrected chi connectivity index (χ2v) is 9.46. The van der Waals surface area contributed by atoms with Crippen LogP contribution in [0.5, 0.6) is 5.75 Å². The topological polar surface area (TPSA) is 109 Å². The van der Waals surface area contributed by atoms with E-state index in [0.29, 0.717) is 28.3 Å². The molecule has 6 atom stereocenters. The molecule has 0 aromatic heterocycles. The Kier molecular flexibility index (Phi) is 6.67. The van der Waals surface area contributed by atoms with E-state index in [-0.39, 0.29) is 6.61 Å². The lowest BCUT2D eigenvalue weighted by Crippen LogP contribution is -2.67. The molecule has 2 saturated heterocycles. The maximum absolute atomic E-state index is 13.0. The van der Waals surface area contributed by atoms with Crippen LogP contribution < -0.4 is 4.74 Å². The highest BCUT2D eigenvalue weighted by Crippen LogP contribution is 2.51. The van der Waals surface area contributed by atoms with Gasteiger partial charge in [0.05, 0.1) is 12.7 Å². The van der Waals surface area contributed by atoms with Crippen molar-refractivity contribution in [3.05, 3.63) is 64.2 Å². The van der Waals surface area contributed by atoms with Gasteiger partial charge in [-0.25, -0.2) is 8.78 Å². The molecule has 0 amide bonds. The maximum atomic E-state index is 13.0. The minimum Gasteiger partial charge on any atom is -0.487 e. The number of hydrogen-bond donors (Lipinski definition) is 4. The Morgan fingerprint density at radius 3 is 2.44 bits per heavy atom. The fourth-order valence-corrected chi connectivity index (χ4v) is 4.55. The van der Waals surface area contributed by atoms with E-state index in [0.717, 1.165) is 12.5 Å². The molecular formula is C24H27ClF2O7. The smallest absolute Gasteiger partial charge is 0.278 e. The number of ether oxygens (including phenoxy) is 3. The highest BCUT2D eigenvalue weighted by atomic mass is 35.5. The van der Waals surface area contributed by atoms with Crippen LogP contribution in [0.4, 0.5) is 8.78 Å². The average molecular weight is 501 g/mol. The molecule has 2 aliphatic heterocycles. The van der Waals surface area contributed by atoms with Crippen molar-refractivity contribution in [3.8, 4) is 5.75 Å². The standard InChI is InChI=1S/C24H27ClF2O7/c1-13(28)23-12-33-24(34-23,21(31)19(29)20(23)30)16-5-8-18(25)15(10-16)9-14-3-6-17(7-4-14)32-11-22(2,26)27/h3-8,10,13,19-21,28-31H,9,11-12H2,1-2H3/t13?,19-,20-,21+,23+,24-/m0/s1. The first-order valence-corrected chi connectivity index (χ1v) is 11.2. The number of rotatable bonds is 7. The summed E-state index contributed by atoms with van der Waals surface area (Å²) in [6.07, 6.45) is -5.63. The molecule has 34 heavy (non-hydrogen) atoms. The predicted molar refractivity (Wildman–Crippen MR) is 118 cm³/mol. The summed E-state index contributed by atoms with van der Waals surface area (Å²) in [6, 6.07) is 11.5. The number of halogens is 3. The van der Waals surface area contributed by atoms with Gasteiger partial charge in [0.25, 0.3) is 5.92 Å². The van der Waals surface area contributed by atoms with Gasteiger partial charge in [-0.05, 0) is 48.7 Å². The van der Waals surface area contributed by atoms with Crippen molar-refractivity contribution in [3.63, 3.8) is 0 Å². The molecule has 0 radical (unpaired) electrons. The van der Waals surface area contributed by atoms with Crippen LogP contribution in [-0.2, 0) is 21.7 Å². The molecule has 2 aromatic carbocycles. The molecule has 2 aliphatic rings. The highest BCUT2D eigenvalue weighted by molar-refractivity contribution is 6.31. The van der Waals surface area contributed by atoms with Crippen LogP contribution in [0.3, 0.4) is 0 Å². The fourth-order valence-electron chi connectivity index (χ4n) is 4.37. The molecule has 4 N–H and O–H groups in total. The molecule has 186 valence electrons. The zero-order valence-corrected chi connectivity index (χ0v) is 19.4. The Morgan fingerprint density at radius 1 is 1.15 bits per heavy atom. The second-order valence-electron chi connectivity index (χ2n) is 9.06. The normalized spacial score (nSPS) is 32.0. The zero-order valence-electron chi connectivity index (χ0n) is 18.6. The molecule has 2 heterocycles. The molecule has 0 saturated carbocycles. The third-order valence-electron chi connectivity index (χ3n) is 6.36. The third-order valence-corrected chi connectivity index (χ3v) is 6.73. The summed E-state index contributed by atoms with van der Waals surface area (Å²) in [6.45, 7) is 1.23. The number of aliphatic hydroxyl groups excluding tert-OH is 4. The molecule has 1 unspecified atom stereocenters.